The van der Waals surface area contributed by atoms with E-state index in [1.54, 1.807) is 0 Å². The maximum atomic E-state index is 5.69. The molecule has 0 aromatic carbocycles. The molecule has 23 heavy (non-hydrogen) atoms. The number of allylic oxidation sites excluding steroid dienone is 1. The highest BCUT2D eigenvalue weighted by Gasteiger charge is 1.94. The lowest BCUT2D eigenvalue weighted by atomic mass is 10.0. The monoisotopic (exact) mass is 324 g/mol. The summed E-state index contributed by atoms with van der Waals surface area (Å²) in [6, 6.07) is 0. The third kappa shape index (κ3) is 19.3. The highest BCUT2D eigenvalue weighted by Crippen LogP contribution is 2.13. The Morgan fingerprint density at radius 2 is 1.00 bits per heavy atom. The Morgan fingerprint density at radius 1 is 0.652 bits per heavy atom. The van der Waals surface area contributed by atoms with Crippen LogP contribution >= 0.6 is 0 Å². The van der Waals surface area contributed by atoms with E-state index in [0.717, 1.165) is 12.4 Å². The van der Waals surface area contributed by atoms with Gasteiger partial charge >= 0.3 is 0 Å². The first kappa shape index (κ1) is 22.3. The first-order chi connectivity index (χ1) is 11.3. The predicted octanol–water partition coefficient (Wildman–Crippen LogP) is 6.66. The summed E-state index contributed by atoms with van der Waals surface area (Å²) < 4.78 is 0. The minimum Gasteiger partial charge on any atom is -0.386 e. The zero-order valence-corrected chi connectivity index (χ0v) is 16.2. The van der Waals surface area contributed by atoms with Gasteiger partial charge in [0.05, 0.1) is 5.82 Å². The Bertz CT molecular complexity index is 248. The topological polar surface area (TPSA) is 38.0 Å². The minimum absolute atomic E-state index is 0.811. The van der Waals surface area contributed by atoms with Crippen molar-refractivity contribution in [1.29, 1.82) is 0 Å². The van der Waals surface area contributed by atoms with Gasteiger partial charge < -0.3 is 11.1 Å². The second-order valence-electron chi connectivity index (χ2n) is 6.97. The van der Waals surface area contributed by atoms with E-state index in [-0.39, 0.29) is 0 Å². The Labute approximate surface area is 146 Å². The van der Waals surface area contributed by atoms with E-state index in [9.17, 15) is 0 Å². The molecular weight excluding hydrogens is 280 g/mol. The van der Waals surface area contributed by atoms with Gasteiger partial charge in [0.2, 0.25) is 0 Å². The maximum absolute atomic E-state index is 5.69. The maximum Gasteiger partial charge on any atom is 0.0916 e. The molecule has 0 saturated carbocycles. The lowest BCUT2D eigenvalue weighted by Gasteiger charge is -2.06. The Kier molecular flexibility index (Phi) is 18.8. The van der Waals surface area contributed by atoms with Gasteiger partial charge in [0.1, 0.15) is 0 Å². The normalized spacial score (nSPS) is 11.8. The van der Waals surface area contributed by atoms with Crippen LogP contribution in [-0.4, -0.2) is 6.54 Å². The highest BCUT2D eigenvalue weighted by molar-refractivity contribution is 4.90. The summed E-state index contributed by atoms with van der Waals surface area (Å²) in [5.41, 5.74) is 5.69. The van der Waals surface area contributed by atoms with Crippen LogP contribution in [-0.2, 0) is 0 Å². The van der Waals surface area contributed by atoms with Crippen molar-refractivity contribution < 1.29 is 0 Å². The molecule has 0 aromatic rings. The molecule has 0 fully saturated rings. The first-order valence-electron chi connectivity index (χ1n) is 10.5. The molecule has 3 N–H and O–H groups in total. The van der Waals surface area contributed by atoms with Gasteiger partial charge in [-0.15, -0.1) is 0 Å². The molecule has 0 spiro atoms. The molecule has 0 radical (unpaired) electrons. The fraction of sp³-hybridized carbons (Fsp3) is 0.905. The van der Waals surface area contributed by atoms with Crippen LogP contribution in [0.15, 0.2) is 11.9 Å². The zero-order valence-electron chi connectivity index (χ0n) is 16.2. The highest BCUT2D eigenvalue weighted by atomic mass is 15.0. The molecule has 0 aromatic heterocycles. The van der Waals surface area contributed by atoms with Gasteiger partial charge in [0.25, 0.3) is 0 Å². The van der Waals surface area contributed by atoms with Gasteiger partial charge in [-0.1, -0.05) is 103 Å². The molecule has 0 bridgehead atoms. The molecule has 0 aliphatic carbocycles. The van der Waals surface area contributed by atoms with Gasteiger partial charge in [-0.2, -0.15) is 0 Å². The molecule has 2 heteroatoms. The number of rotatable bonds is 18. The summed E-state index contributed by atoms with van der Waals surface area (Å²) >= 11 is 0. The minimum atomic E-state index is 0.811. The van der Waals surface area contributed by atoms with Gasteiger partial charge in [-0.25, -0.2) is 0 Å². The largest absolute Gasteiger partial charge is 0.386 e. The fourth-order valence-corrected chi connectivity index (χ4v) is 3.01. The van der Waals surface area contributed by atoms with Crippen molar-refractivity contribution in [2.45, 2.75) is 117 Å². The average molecular weight is 325 g/mol. The standard InChI is InChI=1S/C21H44N2/c1-3-5-6-7-8-9-10-11-12-13-14-15-16-17-18-19-20-23-21(22)4-2/h4,23H,3,5-20,22H2,1-2H3. The first-order valence-corrected chi connectivity index (χ1v) is 10.5. The molecule has 0 heterocycles. The van der Waals surface area contributed by atoms with E-state index >= 15 is 0 Å². The second kappa shape index (κ2) is 19.4. The molecule has 0 aliphatic heterocycles. The van der Waals surface area contributed by atoms with Crippen molar-refractivity contribution in [1.82, 2.24) is 5.32 Å². The van der Waals surface area contributed by atoms with Crippen LogP contribution < -0.4 is 11.1 Å². The van der Waals surface area contributed by atoms with Crippen molar-refractivity contribution in [2.24, 2.45) is 5.73 Å². The van der Waals surface area contributed by atoms with E-state index in [2.05, 4.69) is 12.2 Å². The van der Waals surface area contributed by atoms with E-state index in [0.29, 0.717) is 0 Å². The van der Waals surface area contributed by atoms with Crippen molar-refractivity contribution in [3.8, 4) is 0 Å². The fourth-order valence-electron chi connectivity index (χ4n) is 3.01. The SMILES string of the molecule is CC=C(N)NCCCCCCCCCCCCCCCCCC. The summed E-state index contributed by atoms with van der Waals surface area (Å²) in [6.45, 7) is 5.28. The molecule has 0 rings (SSSR count). The predicted molar refractivity (Wildman–Crippen MR) is 105 cm³/mol. The van der Waals surface area contributed by atoms with Gasteiger partial charge in [0, 0.05) is 6.54 Å². The van der Waals surface area contributed by atoms with Gasteiger partial charge in [-0.05, 0) is 19.4 Å². The van der Waals surface area contributed by atoms with Crippen LogP contribution in [0.2, 0.25) is 0 Å². The van der Waals surface area contributed by atoms with Gasteiger partial charge in [0.15, 0.2) is 0 Å². The third-order valence-electron chi connectivity index (χ3n) is 4.67. The Hall–Kier alpha value is -0.660. The van der Waals surface area contributed by atoms with E-state index in [1.807, 2.05) is 13.0 Å². The van der Waals surface area contributed by atoms with E-state index in [1.165, 1.54) is 103 Å². The number of nitrogens with two attached hydrogens (primary N) is 1. The quantitative estimate of drug-likeness (QED) is 0.277. The van der Waals surface area contributed by atoms with E-state index in [4.69, 9.17) is 5.73 Å². The summed E-state index contributed by atoms with van der Waals surface area (Å²) in [7, 11) is 0. The number of nitrogens with one attached hydrogen (secondary N) is 1. The van der Waals surface area contributed by atoms with E-state index < -0.39 is 0 Å². The average Bonchev–Trinajstić information content (AvgIpc) is 2.57. The van der Waals surface area contributed by atoms with Crippen LogP contribution in [0.3, 0.4) is 0 Å². The summed E-state index contributed by atoms with van der Waals surface area (Å²) in [6.07, 6.45) is 24.7. The van der Waals surface area contributed by atoms with Crippen molar-refractivity contribution in [3.05, 3.63) is 11.9 Å². The van der Waals surface area contributed by atoms with Crippen molar-refractivity contribution in [2.75, 3.05) is 6.54 Å². The molecule has 0 aliphatic rings. The number of hydrogen-bond acceptors (Lipinski definition) is 2. The summed E-state index contributed by atoms with van der Waals surface area (Å²) in [4.78, 5) is 0. The lowest BCUT2D eigenvalue weighted by Crippen LogP contribution is -2.20. The molecule has 0 amide bonds. The van der Waals surface area contributed by atoms with Crippen molar-refractivity contribution >= 4 is 0 Å². The van der Waals surface area contributed by atoms with Crippen LogP contribution in [0.4, 0.5) is 0 Å². The molecule has 0 unspecified atom stereocenters. The Balaban J connectivity index is 3.00. The number of unbranched alkanes of at least 4 members (excludes halogenated alkanes) is 15. The lowest BCUT2D eigenvalue weighted by molar-refractivity contribution is 0.528. The molecule has 0 saturated heterocycles. The molecule has 0 atom stereocenters. The molecular formula is C21H44N2. The van der Waals surface area contributed by atoms with Crippen LogP contribution in [0.25, 0.3) is 0 Å². The smallest absolute Gasteiger partial charge is 0.0916 e. The molecule has 2 nitrogen and oxygen atoms in total. The summed E-state index contributed by atoms with van der Waals surface area (Å²) in [5.74, 6) is 0.811. The van der Waals surface area contributed by atoms with Crippen LogP contribution in [0, 0.1) is 0 Å². The van der Waals surface area contributed by atoms with Crippen LogP contribution in [0.1, 0.15) is 117 Å². The van der Waals surface area contributed by atoms with Crippen molar-refractivity contribution in [3.63, 3.8) is 0 Å². The zero-order chi connectivity index (χ0) is 17.0. The summed E-state index contributed by atoms with van der Waals surface area (Å²) in [5, 5.41) is 3.22. The Morgan fingerprint density at radius 3 is 1.35 bits per heavy atom. The second-order valence-corrected chi connectivity index (χ2v) is 6.97. The number of hydrogen-bond donors (Lipinski definition) is 2. The molecule has 138 valence electrons. The van der Waals surface area contributed by atoms with Crippen LogP contribution in [0.5, 0.6) is 0 Å². The third-order valence-corrected chi connectivity index (χ3v) is 4.67. The van der Waals surface area contributed by atoms with Gasteiger partial charge in [-0.3, -0.25) is 0 Å².